The Kier molecular flexibility index (Phi) is 4.15. The highest BCUT2D eigenvalue weighted by atomic mass is 79.9. The second kappa shape index (κ2) is 6.85. The van der Waals surface area contributed by atoms with Gasteiger partial charge in [0.1, 0.15) is 10.1 Å². The van der Waals surface area contributed by atoms with Crippen LogP contribution in [-0.2, 0) is 4.79 Å². The number of thiazole rings is 1. The lowest BCUT2D eigenvalue weighted by molar-refractivity contribution is -0.113. The molecule has 0 aliphatic carbocycles. The van der Waals surface area contributed by atoms with E-state index in [0.29, 0.717) is 33.2 Å². The van der Waals surface area contributed by atoms with E-state index in [1.54, 1.807) is 4.90 Å². The number of carbonyl (C=O) groups excluding carboxylic acids is 1. The Morgan fingerprint density at radius 1 is 1.16 bits per heavy atom. The van der Waals surface area contributed by atoms with Crippen LogP contribution in [0.4, 0.5) is 5.69 Å². The van der Waals surface area contributed by atoms with Crippen LogP contribution in [0, 0.1) is 6.92 Å². The molecular formula is C23H15BrN4O3S. The second-order valence-corrected chi connectivity index (χ2v) is 9.40. The van der Waals surface area contributed by atoms with Gasteiger partial charge >= 0.3 is 0 Å². The molecule has 0 saturated carbocycles. The Labute approximate surface area is 193 Å². The summed E-state index contributed by atoms with van der Waals surface area (Å²) in [6, 6.07) is 13.4. The Bertz CT molecular complexity index is 1700. The summed E-state index contributed by atoms with van der Waals surface area (Å²) < 4.78 is 8.39. The maximum absolute atomic E-state index is 13.3. The van der Waals surface area contributed by atoms with Crippen molar-refractivity contribution in [3.8, 4) is 11.6 Å². The summed E-state index contributed by atoms with van der Waals surface area (Å²) in [4.78, 5) is 33.1. The Morgan fingerprint density at radius 3 is 2.72 bits per heavy atom. The monoisotopic (exact) mass is 506 g/mol. The fraction of sp³-hybridized carbons (Fsp3) is 0.130. The second-order valence-electron chi connectivity index (χ2n) is 7.50. The molecule has 0 N–H and O–H groups in total. The third-order valence-electron chi connectivity index (χ3n) is 5.73. The topological polar surface area (TPSA) is 80.7 Å². The molecule has 1 amide bonds. The molecule has 32 heavy (non-hydrogen) atoms. The molecule has 2 aromatic carbocycles. The fourth-order valence-electron chi connectivity index (χ4n) is 4.21. The molecule has 1 aliphatic heterocycles. The lowest BCUT2D eigenvalue weighted by Crippen LogP contribution is -2.32. The molecule has 7 nitrogen and oxygen atoms in total. The van der Waals surface area contributed by atoms with Crippen LogP contribution in [0.1, 0.15) is 18.1 Å². The van der Waals surface area contributed by atoms with Gasteiger partial charge < -0.3 is 9.32 Å². The van der Waals surface area contributed by atoms with Crippen LogP contribution in [0.2, 0.25) is 0 Å². The van der Waals surface area contributed by atoms with E-state index in [2.05, 4.69) is 26.0 Å². The normalized spacial score (nSPS) is 15.3. The number of benzene rings is 2. The number of fused-ring (bicyclic) bond motifs is 3. The minimum Gasteiger partial charge on any atom is -0.452 e. The molecule has 0 radical (unpaired) electrons. The van der Waals surface area contributed by atoms with Crippen LogP contribution >= 0.6 is 27.3 Å². The summed E-state index contributed by atoms with van der Waals surface area (Å²) in [7, 11) is 0. The molecular weight excluding hydrogens is 492 g/mol. The molecule has 0 atom stereocenters. The van der Waals surface area contributed by atoms with Crippen LogP contribution in [0.5, 0.6) is 0 Å². The van der Waals surface area contributed by atoms with Crippen molar-refractivity contribution in [2.45, 2.75) is 13.8 Å². The first-order valence-corrected chi connectivity index (χ1v) is 11.6. The molecule has 4 heterocycles. The molecule has 0 unspecified atom stereocenters. The average Bonchev–Trinajstić information content (AvgIpc) is 3.49. The summed E-state index contributed by atoms with van der Waals surface area (Å²) >= 11 is 4.64. The molecule has 9 heteroatoms. The third-order valence-corrected chi connectivity index (χ3v) is 7.25. The van der Waals surface area contributed by atoms with E-state index in [1.807, 2.05) is 56.3 Å². The standard InChI is InChI=1S/C23H15BrN4O3S/c1-3-27-15-9-8-12(24)10-14(15)17(21(27)29)19-22(30)28-23(32-19)25-20(26-28)18-11(2)13-6-4-5-7-16(13)31-18/h4-10H,3H2,1-2H3. The first-order chi connectivity index (χ1) is 15.5. The van der Waals surface area contributed by atoms with E-state index in [0.717, 1.165) is 32.3 Å². The van der Waals surface area contributed by atoms with Crippen molar-refractivity contribution in [3.63, 3.8) is 0 Å². The van der Waals surface area contributed by atoms with Crippen LogP contribution in [0.25, 0.3) is 33.1 Å². The third kappa shape index (κ3) is 2.58. The highest BCUT2D eigenvalue weighted by Gasteiger charge is 2.34. The van der Waals surface area contributed by atoms with Gasteiger partial charge in [0.25, 0.3) is 11.5 Å². The Hall–Kier alpha value is -3.30. The van der Waals surface area contributed by atoms with Crippen molar-refractivity contribution in [3.05, 3.63) is 73.0 Å². The van der Waals surface area contributed by atoms with E-state index in [9.17, 15) is 9.59 Å². The average molecular weight is 507 g/mol. The van der Waals surface area contributed by atoms with Gasteiger partial charge in [0.15, 0.2) is 5.76 Å². The Morgan fingerprint density at radius 2 is 1.97 bits per heavy atom. The fourth-order valence-corrected chi connectivity index (χ4v) is 5.56. The predicted octanol–water partition coefficient (Wildman–Crippen LogP) is 3.92. The molecule has 1 aliphatic rings. The lowest BCUT2D eigenvalue weighted by Gasteiger charge is -2.13. The summed E-state index contributed by atoms with van der Waals surface area (Å²) in [5.41, 5.74) is 3.24. The number of rotatable bonds is 2. The van der Waals surface area contributed by atoms with Gasteiger partial charge in [-0.05, 0) is 38.1 Å². The lowest BCUT2D eigenvalue weighted by atomic mass is 10.1. The van der Waals surface area contributed by atoms with Crippen LogP contribution < -0.4 is 15.0 Å². The van der Waals surface area contributed by atoms with E-state index >= 15 is 0 Å². The van der Waals surface area contributed by atoms with E-state index in [1.165, 1.54) is 15.9 Å². The largest absolute Gasteiger partial charge is 0.452 e. The highest BCUT2D eigenvalue weighted by Crippen LogP contribution is 2.37. The molecule has 0 fully saturated rings. The molecule has 3 aromatic heterocycles. The van der Waals surface area contributed by atoms with Gasteiger partial charge in [-0.25, -0.2) is 0 Å². The van der Waals surface area contributed by atoms with Gasteiger partial charge in [0.05, 0.1) is 11.3 Å². The maximum Gasteiger partial charge on any atom is 0.291 e. The molecule has 158 valence electrons. The number of anilines is 1. The summed E-state index contributed by atoms with van der Waals surface area (Å²) in [5.74, 6) is 0.712. The van der Waals surface area contributed by atoms with Crippen molar-refractivity contribution < 1.29 is 9.21 Å². The number of halogens is 1. The number of aromatic nitrogens is 3. The van der Waals surface area contributed by atoms with E-state index in [-0.39, 0.29) is 11.5 Å². The zero-order valence-corrected chi connectivity index (χ0v) is 19.5. The number of nitrogens with zero attached hydrogens (tertiary/aromatic N) is 4. The van der Waals surface area contributed by atoms with Gasteiger partial charge in [-0.1, -0.05) is 45.5 Å². The van der Waals surface area contributed by atoms with Crippen molar-refractivity contribution in [2.75, 3.05) is 11.4 Å². The smallest absolute Gasteiger partial charge is 0.291 e. The van der Waals surface area contributed by atoms with Crippen LogP contribution in [0.15, 0.2) is 56.1 Å². The molecule has 0 saturated heterocycles. The summed E-state index contributed by atoms with van der Waals surface area (Å²) in [6.07, 6.45) is 0. The van der Waals surface area contributed by atoms with E-state index < -0.39 is 0 Å². The van der Waals surface area contributed by atoms with E-state index in [4.69, 9.17) is 4.42 Å². The number of furan rings is 1. The van der Waals surface area contributed by atoms with Crippen molar-refractivity contribution in [1.82, 2.24) is 14.6 Å². The highest BCUT2D eigenvalue weighted by molar-refractivity contribution is 9.10. The molecule has 6 rings (SSSR count). The van der Waals surface area contributed by atoms with Crippen molar-refractivity contribution >= 4 is 60.4 Å². The number of aryl methyl sites for hydroxylation is 1. The number of amides is 1. The van der Waals surface area contributed by atoms with Gasteiger partial charge in [0.2, 0.25) is 10.8 Å². The quantitative estimate of drug-likeness (QED) is 0.362. The van der Waals surface area contributed by atoms with Gasteiger partial charge in [-0.15, -0.1) is 5.10 Å². The zero-order chi connectivity index (χ0) is 22.1. The van der Waals surface area contributed by atoms with Gasteiger partial charge in [-0.3, -0.25) is 9.59 Å². The Balaban J connectivity index is 1.58. The zero-order valence-electron chi connectivity index (χ0n) is 17.0. The summed E-state index contributed by atoms with van der Waals surface area (Å²) in [5, 5.41) is 5.41. The van der Waals surface area contributed by atoms with Crippen molar-refractivity contribution in [2.24, 2.45) is 0 Å². The molecule has 0 spiro atoms. The molecule has 5 aromatic rings. The first-order valence-electron chi connectivity index (χ1n) is 10.0. The number of hydrogen-bond acceptors (Lipinski definition) is 6. The number of likely N-dealkylation sites (N-methyl/N-ethyl adjacent to an activating group) is 1. The molecule has 0 bridgehead atoms. The van der Waals surface area contributed by atoms with Crippen molar-refractivity contribution in [1.29, 1.82) is 0 Å². The van der Waals surface area contributed by atoms with Crippen LogP contribution in [-0.4, -0.2) is 27.0 Å². The number of carbonyl (C=O) groups is 1. The minimum absolute atomic E-state index is 0.185. The summed E-state index contributed by atoms with van der Waals surface area (Å²) in [6.45, 7) is 4.37. The SMILES string of the molecule is CCN1C(=O)C(=c2sc3nc(-c4oc5ccccc5c4C)nn3c2=O)c2cc(Br)ccc21. The van der Waals surface area contributed by atoms with Gasteiger partial charge in [0, 0.05) is 27.5 Å². The maximum atomic E-state index is 13.3. The number of para-hydroxylation sites is 1. The minimum atomic E-state index is -0.357. The predicted molar refractivity (Wildman–Crippen MR) is 127 cm³/mol. The first kappa shape index (κ1) is 19.4. The van der Waals surface area contributed by atoms with Crippen LogP contribution in [0.3, 0.4) is 0 Å². The number of hydrogen-bond donors (Lipinski definition) is 0. The van der Waals surface area contributed by atoms with Gasteiger partial charge in [-0.2, -0.15) is 9.50 Å².